The predicted octanol–water partition coefficient (Wildman–Crippen LogP) is 6.98. The summed E-state index contributed by atoms with van der Waals surface area (Å²) < 4.78 is 27.3. The summed E-state index contributed by atoms with van der Waals surface area (Å²) in [5.41, 5.74) is 0. The van der Waals surface area contributed by atoms with E-state index in [0.29, 0.717) is 0 Å². The fourth-order valence-corrected chi connectivity index (χ4v) is 3.50. The molecule has 0 aliphatic heterocycles. The Balaban J connectivity index is 2.27. The van der Waals surface area contributed by atoms with Crippen LogP contribution in [0.25, 0.3) is 0 Å². The molecule has 1 aliphatic rings. The van der Waals surface area contributed by atoms with Crippen molar-refractivity contribution in [2.75, 3.05) is 0 Å². The number of alkyl halides is 2. The molecule has 2 unspecified atom stereocenters. The highest BCUT2D eigenvalue weighted by Gasteiger charge is 2.51. The van der Waals surface area contributed by atoms with Crippen LogP contribution in [0.1, 0.15) is 97.3 Å². The first-order valence-corrected chi connectivity index (χ1v) is 8.99. The van der Waals surface area contributed by atoms with Crippen LogP contribution in [0, 0.1) is 11.8 Å². The van der Waals surface area contributed by atoms with Gasteiger partial charge in [0.25, 0.3) is 5.92 Å². The smallest absolute Gasteiger partial charge is 0.207 e. The number of rotatable bonds is 12. The molecule has 0 nitrogen and oxygen atoms in total. The summed E-state index contributed by atoms with van der Waals surface area (Å²) in [6, 6.07) is 0. The molecule has 1 aliphatic carbocycles. The maximum absolute atomic E-state index is 13.7. The molecule has 0 radical (unpaired) electrons. The first-order chi connectivity index (χ1) is 9.61. The fourth-order valence-electron chi connectivity index (χ4n) is 3.50. The Morgan fingerprint density at radius 2 is 1.35 bits per heavy atom. The summed E-state index contributed by atoms with van der Waals surface area (Å²) >= 11 is 0. The standard InChI is InChI=1S/C18H34F2/c1-3-5-7-9-11-13-16(12-10-8-6-4-2)17-14-15-18(17,19)20/h16-17H,3-15H2,1-2H3. The van der Waals surface area contributed by atoms with Gasteiger partial charge in [0.2, 0.25) is 0 Å². The molecule has 0 aromatic heterocycles. The summed E-state index contributed by atoms with van der Waals surface area (Å²) in [6.45, 7) is 4.41. The maximum Gasteiger partial charge on any atom is 0.251 e. The zero-order valence-corrected chi connectivity index (χ0v) is 13.6. The van der Waals surface area contributed by atoms with Crippen molar-refractivity contribution in [3.63, 3.8) is 0 Å². The Kier molecular flexibility index (Phi) is 8.72. The second-order valence-electron chi connectivity index (χ2n) is 6.72. The Morgan fingerprint density at radius 3 is 1.75 bits per heavy atom. The van der Waals surface area contributed by atoms with Crippen molar-refractivity contribution in [3.8, 4) is 0 Å². The van der Waals surface area contributed by atoms with Crippen LogP contribution in [0.3, 0.4) is 0 Å². The van der Waals surface area contributed by atoms with E-state index in [1.807, 2.05) is 0 Å². The largest absolute Gasteiger partial charge is 0.251 e. The van der Waals surface area contributed by atoms with Crippen molar-refractivity contribution in [2.45, 2.75) is 103 Å². The van der Waals surface area contributed by atoms with Crippen molar-refractivity contribution in [3.05, 3.63) is 0 Å². The van der Waals surface area contributed by atoms with Gasteiger partial charge in [-0.05, 0) is 25.2 Å². The van der Waals surface area contributed by atoms with E-state index >= 15 is 0 Å². The van der Waals surface area contributed by atoms with Gasteiger partial charge in [-0.3, -0.25) is 0 Å². The molecule has 0 N–H and O–H groups in total. The molecule has 0 spiro atoms. The number of unbranched alkanes of at least 4 members (excludes halogenated alkanes) is 7. The van der Waals surface area contributed by atoms with Gasteiger partial charge in [-0.15, -0.1) is 0 Å². The van der Waals surface area contributed by atoms with Crippen LogP contribution >= 0.6 is 0 Å². The second-order valence-corrected chi connectivity index (χ2v) is 6.72. The van der Waals surface area contributed by atoms with Crippen LogP contribution in [0.2, 0.25) is 0 Å². The number of hydrogen-bond acceptors (Lipinski definition) is 0. The van der Waals surface area contributed by atoms with Crippen molar-refractivity contribution in [1.82, 2.24) is 0 Å². The first-order valence-electron chi connectivity index (χ1n) is 8.99. The molecule has 0 aromatic rings. The molecule has 0 heterocycles. The van der Waals surface area contributed by atoms with Crippen LogP contribution < -0.4 is 0 Å². The number of hydrogen-bond donors (Lipinski definition) is 0. The van der Waals surface area contributed by atoms with Crippen molar-refractivity contribution >= 4 is 0 Å². The zero-order valence-electron chi connectivity index (χ0n) is 13.6. The third kappa shape index (κ3) is 6.10. The highest BCUT2D eigenvalue weighted by Crippen LogP contribution is 2.50. The third-order valence-electron chi connectivity index (χ3n) is 5.01. The van der Waals surface area contributed by atoms with Gasteiger partial charge in [0, 0.05) is 12.3 Å². The molecule has 0 saturated heterocycles. The Hall–Kier alpha value is -0.140. The predicted molar refractivity (Wildman–Crippen MR) is 83.3 cm³/mol. The van der Waals surface area contributed by atoms with Crippen molar-refractivity contribution in [2.24, 2.45) is 11.8 Å². The van der Waals surface area contributed by atoms with E-state index in [2.05, 4.69) is 13.8 Å². The molecule has 2 heteroatoms. The minimum absolute atomic E-state index is 0.138. The lowest BCUT2D eigenvalue weighted by Gasteiger charge is -2.42. The first kappa shape index (κ1) is 17.9. The van der Waals surface area contributed by atoms with Crippen LogP contribution in [0.15, 0.2) is 0 Å². The molecule has 1 fully saturated rings. The van der Waals surface area contributed by atoms with E-state index in [1.54, 1.807) is 0 Å². The fraction of sp³-hybridized carbons (Fsp3) is 1.00. The average molecular weight is 288 g/mol. The van der Waals surface area contributed by atoms with Crippen LogP contribution in [-0.4, -0.2) is 5.92 Å². The molecule has 0 amide bonds. The molecule has 120 valence electrons. The molecule has 0 aromatic carbocycles. The monoisotopic (exact) mass is 288 g/mol. The summed E-state index contributed by atoms with van der Waals surface area (Å²) in [4.78, 5) is 0. The molecule has 2 atom stereocenters. The average Bonchev–Trinajstić information content (AvgIpc) is 2.41. The summed E-state index contributed by atoms with van der Waals surface area (Å²) in [6.07, 6.45) is 14.0. The topological polar surface area (TPSA) is 0 Å². The summed E-state index contributed by atoms with van der Waals surface area (Å²) in [7, 11) is 0. The molecule has 1 rings (SSSR count). The van der Waals surface area contributed by atoms with E-state index in [-0.39, 0.29) is 18.3 Å². The lowest BCUT2D eigenvalue weighted by molar-refractivity contribution is -0.156. The zero-order chi connectivity index (χ0) is 14.8. The lowest BCUT2D eigenvalue weighted by Crippen LogP contribution is -2.43. The van der Waals surface area contributed by atoms with Gasteiger partial charge in [0.05, 0.1) is 0 Å². The van der Waals surface area contributed by atoms with Gasteiger partial charge in [-0.25, -0.2) is 8.78 Å². The molecular formula is C18H34F2. The normalized spacial score (nSPS) is 22.5. The molecule has 20 heavy (non-hydrogen) atoms. The van der Waals surface area contributed by atoms with Gasteiger partial charge in [-0.2, -0.15) is 0 Å². The quantitative estimate of drug-likeness (QED) is 0.340. The minimum Gasteiger partial charge on any atom is -0.207 e. The van der Waals surface area contributed by atoms with Gasteiger partial charge < -0.3 is 0 Å². The van der Waals surface area contributed by atoms with Gasteiger partial charge in [0.15, 0.2) is 0 Å². The van der Waals surface area contributed by atoms with E-state index in [1.165, 1.54) is 44.9 Å². The molecule has 1 saturated carbocycles. The number of halogens is 2. The summed E-state index contributed by atoms with van der Waals surface area (Å²) in [5.74, 6) is -2.36. The van der Waals surface area contributed by atoms with Crippen LogP contribution in [-0.2, 0) is 0 Å². The van der Waals surface area contributed by atoms with Gasteiger partial charge in [-0.1, -0.05) is 71.6 Å². The Bertz CT molecular complexity index is 238. The Morgan fingerprint density at radius 1 is 0.850 bits per heavy atom. The second kappa shape index (κ2) is 9.73. The SMILES string of the molecule is CCCCCCCC(CCCCCC)C1CCC1(F)F. The Labute approximate surface area is 124 Å². The maximum atomic E-state index is 13.7. The van der Waals surface area contributed by atoms with Crippen LogP contribution in [0.5, 0.6) is 0 Å². The van der Waals surface area contributed by atoms with E-state index in [4.69, 9.17) is 0 Å². The van der Waals surface area contributed by atoms with Crippen molar-refractivity contribution < 1.29 is 8.78 Å². The lowest BCUT2D eigenvalue weighted by atomic mass is 9.69. The van der Waals surface area contributed by atoms with Crippen LogP contribution in [0.4, 0.5) is 8.78 Å². The molecule has 0 bridgehead atoms. The third-order valence-corrected chi connectivity index (χ3v) is 5.01. The highest BCUT2D eigenvalue weighted by molar-refractivity contribution is 4.92. The summed E-state index contributed by atoms with van der Waals surface area (Å²) in [5, 5.41) is 0. The van der Waals surface area contributed by atoms with Gasteiger partial charge >= 0.3 is 0 Å². The van der Waals surface area contributed by atoms with E-state index < -0.39 is 5.92 Å². The van der Waals surface area contributed by atoms with E-state index in [9.17, 15) is 8.78 Å². The van der Waals surface area contributed by atoms with Crippen molar-refractivity contribution in [1.29, 1.82) is 0 Å². The highest BCUT2D eigenvalue weighted by atomic mass is 19.3. The minimum atomic E-state index is -2.35. The molecular weight excluding hydrogens is 254 g/mol. The van der Waals surface area contributed by atoms with E-state index in [0.717, 1.165) is 32.1 Å². The van der Waals surface area contributed by atoms with Gasteiger partial charge in [0.1, 0.15) is 0 Å².